The maximum atomic E-state index is 13.1. The van der Waals surface area contributed by atoms with Crippen molar-refractivity contribution in [3.8, 4) is 0 Å². The Kier molecular flexibility index (Phi) is 5.47. The SMILES string of the molecule is O=C(Cn1cc(NC(=O)c2ccc(F)cc2Br)cn1)NC1CCCC1. The van der Waals surface area contributed by atoms with Gasteiger partial charge in [0.2, 0.25) is 5.91 Å². The van der Waals surface area contributed by atoms with Gasteiger partial charge < -0.3 is 10.6 Å². The lowest BCUT2D eigenvalue weighted by Crippen LogP contribution is -2.35. The quantitative estimate of drug-likeness (QED) is 0.797. The van der Waals surface area contributed by atoms with Crippen molar-refractivity contribution in [2.45, 2.75) is 38.3 Å². The number of hydrogen-bond acceptors (Lipinski definition) is 3. The largest absolute Gasteiger partial charge is 0.352 e. The Morgan fingerprint density at radius 3 is 2.80 bits per heavy atom. The van der Waals surface area contributed by atoms with E-state index in [1.807, 2.05) is 0 Å². The zero-order valence-electron chi connectivity index (χ0n) is 13.5. The van der Waals surface area contributed by atoms with Crippen LogP contribution in [0, 0.1) is 5.82 Å². The zero-order chi connectivity index (χ0) is 17.8. The summed E-state index contributed by atoms with van der Waals surface area (Å²) in [6.45, 7) is 0.104. The molecule has 0 radical (unpaired) electrons. The molecule has 1 aromatic carbocycles. The van der Waals surface area contributed by atoms with Crippen LogP contribution in [0.4, 0.5) is 10.1 Å². The third-order valence-corrected chi connectivity index (χ3v) is 4.75. The Hall–Kier alpha value is -2.22. The van der Waals surface area contributed by atoms with E-state index in [9.17, 15) is 14.0 Å². The normalized spacial score (nSPS) is 14.5. The molecule has 0 spiro atoms. The van der Waals surface area contributed by atoms with Crippen molar-refractivity contribution in [2.24, 2.45) is 0 Å². The van der Waals surface area contributed by atoms with E-state index in [2.05, 4.69) is 31.7 Å². The minimum Gasteiger partial charge on any atom is -0.352 e. The molecule has 2 amide bonds. The zero-order valence-corrected chi connectivity index (χ0v) is 15.1. The van der Waals surface area contributed by atoms with Gasteiger partial charge in [0.1, 0.15) is 12.4 Å². The maximum absolute atomic E-state index is 13.1. The van der Waals surface area contributed by atoms with Crippen LogP contribution in [0.3, 0.4) is 0 Å². The van der Waals surface area contributed by atoms with Crippen LogP contribution in [0.5, 0.6) is 0 Å². The number of hydrogen-bond donors (Lipinski definition) is 2. The second-order valence-corrected chi connectivity index (χ2v) is 6.91. The Balaban J connectivity index is 1.57. The van der Waals surface area contributed by atoms with Crippen molar-refractivity contribution in [1.29, 1.82) is 0 Å². The molecule has 1 aliphatic rings. The topological polar surface area (TPSA) is 76.0 Å². The number of anilines is 1. The summed E-state index contributed by atoms with van der Waals surface area (Å²) in [6, 6.07) is 4.11. The van der Waals surface area contributed by atoms with Crippen molar-refractivity contribution in [2.75, 3.05) is 5.32 Å². The van der Waals surface area contributed by atoms with Gasteiger partial charge in [0, 0.05) is 16.7 Å². The number of aromatic nitrogens is 2. The van der Waals surface area contributed by atoms with E-state index < -0.39 is 5.82 Å². The summed E-state index contributed by atoms with van der Waals surface area (Å²) < 4.78 is 14.9. The monoisotopic (exact) mass is 408 g/mol. The van der Waals surface area contributed by atoms with Crippen LogP contribution >= 0.6 is 15.9 Å². The Morgan fingerprint density at radius 1 is 1.32 bits per heavy atom. The molecule has 3 rings (SSSR count). The molecule has 1 heterocycles. The minimum absolute atomic E-state index is 0.0887. The summed E-state index contributed by atoms with van der Waals surface area (Å²) in [5.74, 6) is -0.902. The van der Waals surface area contributed by atoms with Gasteiger partial charge in [0.15, 0.2) is 0 Å². The molecule has 0 bridgehead atoms. The highest BCUT2D eigenvalue weighted by atomic mass is 79.9. The first-order chi connectivity index (χ1) is 12.0. The number of carbonyl (C=O) groups is 2. The van der Waals surface area contributed by atoms with Gasteiger partial charge in [-0.3, -0.25) is 14.3 Å². The molecular formula is C17H18BrFN4O2. The molecule has 2 aromatic rings. The average molecular weight is 409 g/mol. The van der Waals surface area contributed by atoms with Crippen molar-refractivity contribution >= 4 is 33.4 Å². The number of rotatable bonds is 5. The fraction of sp³-hybridized carbons (Fsp3) is 0.353. The van der Waals surface area contributed by atoms with E-state index in [4.69, 9.17) is 0 Å². The minimum atomic E-state index is -0.426. The van der Waals surface area contributed by atoms with Crippen LogP contribution in [0.2, 0.25) is 0 Å². The first-order valence-corrected chi connectivity index (χ1v) is 8.89. The highest BCUT2D eigenvalue weighted by Crippen LogP contribution is 2.20. The van der Waals surface area contributed by atoms with Gasteiger partial charge >= 0.3 is 0 Å². The van der Waals surface area contributed by atoms with Gasteiger partial charge in [0.25, 0.3) is 5.91 Å². The van der Waals surface area contributed by atoms with Gasteiger partial charge in [-0.05, 0) is 47.0 Å². The van der Waals surface area contributed by atoms with Crippen LogP contribution in [-0.4, -0.2) is 27.6 Å². The Morgan fingerprint density at radius 2 is 2.08 bits per heavy atom. The van der Waals surface area contributed by atoms with Crippen molar-refractivity contribution < 1.29 is 14.0 Å². The fourth-order valence-corrected chi connectivity index (χ4v) is 3.41. The van der Waals surface area contributed by atoms with Crippen LogP contribution in [0.15, 0.2) is 35.1 Å². The summed E-state index contributed by atoms with van der Waals surface area (Å²) in [5.41, 5.74) is 0.781. The lowest BCUT2D eigenvalue weighted by molar-refractivity contribution is -0.122. The first-order valence-electron chi connectivity index (χ1n) is 8.09. The third-order valence-electron chi connectivity index (χ3n) is 4.09. The van der Waals surface area contributed by atoms with E-state index in [1.165, 1.54) is 29.1 Å². The average Bonchev–Trinajstić information content (AvgIpc) is 3.19. The molecule has 1 saturated carbocycles. The number of nitrogens with zero attached hydrogens (tertiary/aromatic N) is 2. The molecular weight excluding hydrogens is 391 g/mol. The van der Waals surface area contributed by atoms with Gasteiger partial charge in [0.05, 0.1) is 17.4 Å². The molecule has 1 fully saturated rings. The second kappa shape index (κ2) is 7.77. The molecule has 1 aliphatic carbocycles. The summed E-state index contributed by atoms with van der Waals surface area (Å²) in [5, 5.41) is 9.75. The van der Waals surface area contributed by atoms with E-state index >= 15 is 0 Å². The molecule has 25 heavy (non-hydrogen) atoms. The van der Waals surface area contributed by atoms with Crippen LogP contribution in [-0.2, 0) is 11.3 Å². The number of benzene rings is 1. The molecule has 132 valence electrons. The van der Waals surface area contributed by atoms with Crippen LogP contribution < -0.4 is 10.6 Å². The lowest BCUT2D eigenvalue weighted by Gasteiger charge is -2.11. The smallest absolute Gasteiger partial charge is 0.256 e. The predicted octanol–water partition coefficient (Wildman–Crippen LogP) is 3.10. The number of amides is 2. The summed E-state index contributed by atoms with van der Waals surface area (Å²) in [4.78, 5) is 24.2. The van der Waals surface area contributed by atoms with E-state index in [1.54, 1.807) is 6.20 Å². The summed E-state index contributed by atoms with van der Waals surface area (Å²) in [6.07, 6.45) is 7.42. The maximum Gasteiger partial charge on any atom is 0.256 e. The van der Waals surface area contributed by atoms with Crippen LogP contribution in [0.1, 0.15) is 36.0 Å². The Bertz CT molecular complexity index is 787. The van der Waals surface area contributed by atoms with Gasteiger partial charge in [-0.2, -0.15) is 5.10 Å². The van der Waals surface area contributed by atoms with Gasteiger partial charge in [-0.15, -0.1) is 0 Å². The first kappa shape index (κ1) is 17.6. The van der Waals surface area contributed by atoms with Gasteiger partial charge in [-0.25, -0.2) is 4.39 Å². The predicted molar refractivity (Wildman–Crippen MR) is 94.7 cm³/mol. The fourth-order valence-electron chi connectivity index (χ4n) is 2.88. The third kappa shape index (κ3) is 4.66. The van der Waals surface area contributed by atoms with Gasteiger partial charge in [-0.1, -0.05) is 12.8 Å². The molecule has 0 unspecified atom stereocenters. The standard InChI is InChI=1S/C17H18BrFN4O2/c18-15-7-11(19)5-6-14(15)17(25)22-13-8-20-23(9-13)10-16(24)21-12-3-1-2-4-12/h5-9,12H,1-4,10H2,(H,21,24)(H,22,25). The highest BCUT2D eigenvalue weighted by molar-refractivity contribution is 9.10. The van der Waals surface area contributed by atoms with Crippen molar-refractivity contribution in [3.63, 3.8) is 0 Å². The molecule has 0 saturated heterocycles. The molecule has 0 atom stereocenters. The van der Waals surface area contributed by atoms with Crippen molar-refractivity contribution in [1.82, 2.24) is 15.1 Å². The molecule has 1 aromatic heterocycles. The molecule has 6 nitrogen and oxygen atoms in total. The van der Waals surface area contributed by atoms with E-state index in [-0.39, 0.29) is 24.4 Å². The number of carbonyl (C=O) groups excluding carboxylic acids is 2. The highest BCUT2D eigenvalue weighted by Gasteiger charge is 2.17. The molecule has 8 heteroatoms. The lowest BCUT2D eigenvalue weighted by atomic mass is 10.2. The number of nitrogens with one attached hydrogen (secondary N) is 2. The van der Waals surface area contributed by atoms with Crippen molar-refractivity contribution in [3.05, 3.63) is 46.4 Å². The number of halogens is 2. The molecule has 2 N–H and O–H groups in total. The summed E-state index contributed by atoms with van der Waals surface area (Å²) in [7, 11) is 0. The summed E-state index contributed by atoms with van der Waals surface area (Å²) >= 11 is 3.17. The Labute approximate surface area is 152 Å². The van der Waals surface area contributed by atoms with E-state index in [0.717, 1.165) is 25.7 Å². The second-order valence-electron chi connectivity index (χ2n) is 6.05. The van der Waals surface area contributed by atoms with Crippen LogP contribution in [0.25, 0.3) is 0 Å². The molecule has 0 aliphatic heterocycles. The van der Waals surface area contributed by atoms with E-state index in [0.29, 0.717) is 15.7 Å².